The lowest BCUT2D eigenvalue weighted by Crippen LogP contribution is -2.48. The Morgan fingerprint density at radius 1 is 1.05 bits per heavy atom. The number of nitrogens with zero attached hydrogens (tertiary/aromatic N) is 4. The highest BCUT2D eigenvalue weighted by atomic mass is 35.5. The molecule has 9 heteroatoms. The summed E-state index contributed by atoms with van der Waals surface area (Å²) in [5.41, 5.74) is 2.89. The molecule has 0 radical (unpaired) electrons. The fourth-order valence-corrected chi connectivity index (χ4v) is 5.59. The molecule has 1 aliphatic carbocycles. The summed E-state index contributed by atoms with van der Waals surface area (Å²) in [4.78, 5) is 54.6. The SMILES string of the molecule is Cc1cnc(NC(=O)C2CCC(CN3C(=O)c4ccc(Cl)cc4CC(=O)[C@H]3Cc3ccccn3)CC2)nc1. The molecule has 2 aromatic heterocycles. The zero-order valence-corrected chi connectivity index (χ0v) is 22.0. The highest BCUT2D eigenvalue weighted by molar-refractivity contribution is 6.30. The summed E-state index contributed by atoms with van der Waals surface area (Å²) < 4.78 is 0. The largest absolute Gasteiger partial charge is 0.328 e. The Balaban J connectivity index is 1.30. The number of hydrogen-bond donors (Lipinski definition) is 1. The molecule has 0 bridgehead atoms. The van der Waals surface area contributed by atoms with E-state index in [1.807, 2.05) is 25.1 Å². The number of fused-ring (bicyclic) bond motifs is 1. The second kappa shape index (κ2) is 11.4. The molecule has 38 heavy (non-hydrogen) atoms. The van der Waals surface area contributed by atoms with Crippen LogP contribution in [0.25, 0.3) is 0 Å². The van der Waals surface area contributed by atoms with Crippen LogP contribution in [0.15, 0.2) is 55.0 Å². The van der Waals surface area contributed by atoms with Crippen LogP contribution < -0.4 is 5.32 Å². The van der Waals surface area contributed by atoms with Gasteiger partial charge < -0.3 is 4.90 Å². The topological polar surface area (TPSA) is 105 Å². The molecule has 196 valence electrons. The lowest BCUT2D eigenvalue weighted by molar-refractivity contribution is -0.122. The predicted molar refractivity (Wildman–Crippen MR) is 144 cm³/mol. The summed E-state index contributed by atoms with van der Waals surface area (Å²) in [6.45, 7) is 2.35. The minimum atomic E-state index is -0.608. The maximum atomic E-state index is 13.8. The highest BCUT2D eigenvalue weighted by Gasteiger charge is 2.38. The number of hydrogen-bond acceptors (Lipinski definition) is 6. The number of Topliss-reactive ketones (excluding diaryl/α,β-unsaturated/α-hetero) is 1. The average molecular weight is 532 g/mol. The Hall–Kier alpha value is -3.65. The molecule has 3 heterocycles. The van der Waals surface area contributed by atoms with E-state index in [-0.39, 0.29) is 35.9 Å². The molecule has 0 spiro atoms. The molecular formula is C29H30ClN5O3. The molecule has 1 saturated carbocycles. The van der Waals surface area contributed by atoms with Gasteiger partial charge in [0.1, 0.15) is 0 Å². The van der Waals surface area contributed by atoms with Gasteiger partial charge in [-0.25, -0.2) is 9.97 Å². The van der Waals surface area contributed by atoms with Crippen LogP contribution >= 0.6 is 11.6 Å². The number of benzene rings is 1. The van der Waals surface area contributed by atoms with Crippen molar-refractivity contribution in [2.75, 3.05) is 11.9 Å². The molecule has 2 aliphatic rings. The second-order valence-electron chi connectivity index (χ2n) is 10.2. The van der Waals surface area contributed by atoms with E-state index in [1.165, 1.54) is 0 Å². The normalized spacial score (nSPS) is 21.5. The zero-order chi connectivity index (χ0) is 26.6. The first kappa shape index (κ1) is 26.0. The molecule has 1 aromatic carbocycles. The summed E-state index contributed by atoms with van der Waals surface area (Å²) >= 11 is 6.19. The van der Waals surface area contributed by atoms with E-state index in [0.717, 1.165) is 24.1 Å². The minimum absolute atomic E-state index is 0.0174. The van der Waals surface area contributed by atoms with Gasteiger partial charge in [-0.15, -0.1) is 0 Å². The molecule has 1 atom stereocenters. The van der Waals surface area contributed by atoms with Crippen LogP contribution in [-0.2, 0) is 22.4 Å². The molecule has 5 rings (SSSR count). The number of rotatable bonds is 6. The van der Waals surface area contributed by atoms with Crippen LogP contribution in [0.1, 0.15) is 52.9 Å². The Morgan fingerprint density at radius 3 is 2.53 bits per heavy atom. The van der Waals surface area contributed by atoms with Gasteiger partial charge >= 0.3 is 0 Å². The van der Waals surface area contributed by atoms with Crippen molar-refractivity contribution < 1.29 is 14.4 Å². The van der Waals surface area contributed by atoms with Crippen molar-refractivity contribution in [1.82, 2.24) is 19.9 Å². The van der Waals surface area contributed by atoms with Gasteiger partial charge in [0.25, 0.3) is 5.91 Å². The Kier molecular flexibility index (Phi) is 7.79. The minimum Gasteiger partial charge on any atom is -0.328 e. The number of amides is 2. The lowest BCUT2D eigenvalue weighted by Gasteiger charge is -2.35. The third-order valence-corrected chi connectivity index (χ3v) is 7.72. The molecule has 1 fully saturated rings. The maximum Gasteiger partial charge on any atom is 0.254 e. The van der Waals surface area contributed by atoms with E-state index in [1.54, 1.807) is 41.7 Å². The molecule has 8 nitrogen and oxygen atoms in total. The van der Waals surface area contributed by atoms with Crippen LogP contribution in [0.2, 0.25) is 5.02 Å². The number of carbonyl (C=O) groups is 3. The van der Waals surface area contributed by atoms with Gasteiger partial charge in [0.15, 0.2) is 5.78 Å². The number of nitrogens with one attached hydrogen (secondary N) is 1. The van der Waals surface area contributed by atoms with E-state index in [2.05, 4.69) is 20.3 Å². The van der Waals surface area contributed by atoms with Gasteiger partial charge in [0.2, 0.25) is 11.9 Å². The third kappa shape index (κ3) is 5.91. The van der Waals surface area contributed by atoms with Crippen molar-refractivity contribution in [2.24, 2.45) is 11.8 Å². The van der Waals surface area contributed by atoms with Gasteiger partial charge in [-0.2, -0.15) is 0 Å². The Bertz CT molecular complexity index is 1320. The third-order valence-electron chi connectivity index (χ3n) is 7.49. The van der Waals surface area contributed by atoms with Crippen LogP contribution in [0, 0.1) is 18.8 Å². The van der Waals surface area contributed by atoms with Crippen molar-refractivity contribution in [3.63, 3.8) is 0 Å². The molecule has 0 unspecified atom stereocenters. The van der Waals surface area contributed by atoms with E-state index in [4.69, 9.17) is 11.6 Å². The number of carbonyl (C=O) groups excluding carboxylic acids is 3. The maximum absolute atomic E-state index is 13.8. The van der Waals surface area contributed by atoms with Crippen molar-refractivity contribution in [2.45, 2.75) is 51.5 Å². The van der Waals surface area contributed by atoms with Gasteiger partial charge in [-0.1, -0.05) is 17.7 Å². The standard InChI is InChI=1S/C29H30ClN5O3/c1-18-15-32-29(33-16-18)34-27(37)20-7-5-19(6-8-20)17-35-25(14-23-4-2-3-11-31-23)26(36)13-21-12-22(30)9-10-24(21)28(35)38/h2-4,9-12,15-16,19-20,25H,5-8,13-14,17H2,1H3,(H,32,33,34,37)/t19?,20?,25-/m1/s1. The quantitative estimate of drug-likeness (QED) is 0.503. The van der Waals surface area contributed by atoms with Gasteiger partial charge in [0.05, 0.1) is 6.04 Å². The average Bonchev–Trinajstić information content (AvgIpc) is 3.00. The van der Waals surface area contributed by atoms with Gasteiger partial charge in [-0.05, 0) is 80.0 Å². The van der Waals surface area contributed by atoms with E-state index in [0.29, 0.717) is 47.9 Å². The first-order valence-electron chi connectivity index (χ1n) is 13.0. The van der Waals surface area contributed by atoms with Crippen molar-refractivity contribution in [1.29, 1.82) is 0 Å². The number of aromatic nitrogens is 3. The molecular weight excluding hydrogens is 502 g/mol. The summed E-state index contributed by atoms with van der Waals surface area (Å²) in [5.74, 6) is 0.118. The monoisotopic (exact) mass is 531 g/mol. The zero-order valence-electron chi connectivity index (χ0n) is 21.3. The van der Waals surface area contributed by atoms with Crippen LogP contribution in [0.3, 0.4) is 0 Å². The molecule has 3 aromatic rings. The fourth-order valence-electron chi connectivity index (χ4n) is 5.40. The van der Waals surface area contributed by atoms with Gasteiger partial charge in [0, 0.05) is 60.2 Å². The van der Waals surface area contributed by atoms with Crippen LogP contribution in [-0.4, -0.2) is 50.0 Å². The number of halogens is 1. The summed E-state index contributed by atoms with van der Waals surface area (Å²) in [6.07, 6.45) is 8.54. The number of aryl methyl sites for hydroxylation is 1. The first-order chi connectivity index (χ1) is 18.4. The molecule has 1 N–H and O–H groups in total. The molecule has 1 aliphatic heterocycles. The summed E-state index contributed by atoms with van der Waals surface area (Å²) in [6, 6.07) is 10.1. The van der Waals surface area contributed by atoms with Crippen molar-refractivity contribution in [3.05, 3.63) is 82.4 Å². The van der Waals surface area contributed by atoms with Crippen molar-refractivity contribution in [3.8, 4) is 0 Å². The molecule has 0 saturated heterocycles. The van der Waals surface area contributed by atoms with E-state index >= 15 is 0 Å². The predicted octanol–water partition coefficient (Wildman–Crippen LogP) is 4.46. The second-order valence-corrected chi connectivity index (χ2v) is 10.7. The van der Waals surface area contributed by atoms with Crippen LogP contribution in [0.5, 0.6) is 0 Å². The smallest absolute Gasteiger partial charge is 0.254 e. The summed E-state index contributed by atoms with van der Waals surface area (Å²) in [7, 11) is 0. The number of pyridine rings is 1. The highest BCUT2D eigenvalue weighted by Crippen LogP contribution is 2.33. The van der Waals surface area contributed by atoms with E-state index in [9.17, 15) is 14.4 Å². The first-order valence-corrected chi connectivity index (χ1v) is 13.4. The Morgan fingerprint density at radius 2 is 1.82 bits per heavy atom. The van der Waals surface area contributed by atoms with Crippen molar-refractivity contribution >= 4 is 35.1 Å². The number of ketones is 1. The fraction of sp³-hybridized carbons (Fsp3) is 0.379. The Labute approximate surface area is 226 Å². The lowest BCUT2D eigenvalue weighted by atomic mass is 9.81. The molecule has 2 amide bonds. The van der Waals surface area contributed by atoms with Crippen LogP contribution in [0.4, 0.5) is 5.95 Å². The van der Waals surface area contributed by atoms with E-state index < -0.39 is 6.04 Å². The summed E-state index contributed by atoms with van der Waals surface area (Å²) in [5, 5.41) is 3.32. The number of anilines is 1. The van der Waals surface area contributed by atoms with Gasteiger partial charge in [-0.3, -0.25) is 24.7 Å².